The summed E-state index contributed by atoms with van der Waals surface area (Å²) in [6.07, 6.45) is 4.28. The molecule has 0 atom stereocenters. The van der Waals surface area contributed by atoms with Crippen molar-refractivity contribution in [3.8, 4) is 0 Å². The zero-order chi connectivity index (χ0) is 8.69. The number of hydrogen-bond acceptors (Lipinski definition) is 1. The highest BCUT2D eigenvalue weighted by molar-refractivity contribution is 4.67. The average Bonchev–Trinajstić information content (AvgIpc) is 2.10. The smallest absolute Gasteiger partial charge is 0.269 e. The van der Waals surface area contributed by atoms with Crippen molar-refractivity contribution >= 4 is 0 Å². The van der Waals surface area contributed by atoms with E-state index in [0.717, 1.165) is 6.04 Å². The third-order valence-corrected chi connectivity index (χ3v) is 2.12. The van der Waals surface area contributed by atoms with E-state index in [2.05, 4.69) is 20.2 Å². The molecule has 1 aliphatic rings. The van der Waals surface area contributed by atoms with Crippen LogP contribution < -0.4 is 0 Å². The zero-order valence-corrected chi connectivity index (χ0v) is 6.94. The molecular weight excluding hydrogens is 141 g/mol. The van der Waals surface area contributed by atoms with Gasteiger partial charge in [0.1, 0.15) is 0 Å². The molecular formula is C9H22FN. The molecule has 1 nitrogen and oxygen atoms in total. The molecule has 0 bridgehead atoms. The molecule has 0 radical (unpaired) electrons. The molecule has 0 aromatic carbocycles. The Morgan fingerprint density at radius 3 is 1.91 bits per heavy atom. The fraction of sp³-hybridized carbons (Fsp3) is 1.00. The lowest BCUT2D eigenvalue weighted by molar-refractivity contribution is 0.185. The van der Waals surface area contributed by atoms with E-state index in [9.17, 15) is 0 Å². The van der Waals surface area contributed by atoms with Gasteiger partial charge in [0.25, 0.3) is 1.45 Å². The van der Waals surface area contributed by atoms with Gasteiger partial charge in [0.15, 0.2) is 0 Å². The van der Waals surface area contributed by atoms with Crippen molar-refractivity contribution < 1.29 is 4.72 Å². The Bertz CT molecular complexity index is 82.6. The second-order valence-corrected chi connectivity index (χ2v) is 3.19. The Labute approximate surface area is 71.7 Å². The number of rotatable bonds is 1. The predicted octanol–water partition coefficient (Wildman–Crippen LogP) is 2.67. The van der Waals surface area contributed by atoms with Crippen LogP contribution in [0.1, 0.15) is 40.5 Å². The predicted molar refractivity (Wildman–Crippen MR) is 49.8 cm³/mol. The molecule has 70 valence electrons. The van der Waals surface area contributed by atoms with Gasteiger partial charge in [-0.15, -0.1) is 0 Å². The number of piperidine rings is 1. The Morgan fingerprint density at radius 2 is 1.64 bits per heavy atom. The number of nitrogens with zero attached hydrogens (tertiary/aromatic N) is 1. The second kappa shape index (κ2) is 6.59. The number of halogens is 1. The van der Waals surface area contributed by atoms with Gasteiger partial charge in [-0.2, -0.15) is 0 Å². The lowest BCUT2D eigenvalue weighted by Crippen LogP contribution is -2.35. The summed E-state index contributed by atoms with van der Waals surface area (Å²) in [6.45, 7) is 7.23. The fourth-order valence-electron chi connectivity index (χ4n) is 1.43. The topological polar surface area (TPSA) is 3.24 Å². The molecule has 0 spiro atoms. The zero-order valence-electron chi connectivity index (χ0n) is 7.94. The van der Waals surface area contributed by atoms with Gasteiger partial charge in [-0.1, -0.05) is 13.8 Å². The van der Waals surface area contributed by atoms with Crippen molar-refractivity contribution in [3.05, 3.63) is 0 Å². The minimum absolute atomic E-state index is 0. The lowest BCUT2D eigenvalue weighted by Gasteiger charge is -2.29. The molecule has 0 amide bonds. The first-order valence-corrected chi connectivity index (χ1v) is 4.05. The van der Waals surface area contributed by atoms with Crippen LogP contribution in [0.4, 0.5) is 4.72 Å². The summed E-state index contributed by atoms with van der Waals surface area (Å²) in [5, 5.41) is 0. The fourth-order valence-corrected chi connectivity index (χ4v) is 1.43. The van der Waals surface area contributed by atoms with Gasteiger partial charge in [0, 0.05) is 6.04 Å². The van der Waals surface area contributed by atoms with Gasteiger partial charge in [0.2, 0.25) is 0 Å². The van der Waals surface area contributed by atoms with Crippen LogP contribution in [0.15, 0.2) is 0 Å². The van der Waals surface area contributed by atoms with Crippen LogP contribution in [0, 0.1) is 0 Å². The van der Waals surface area contributed by atoms with E-state index >= 15 is 0 Å². The first-order valence-electron chi connectivity index (χ1n) is 4.42. The summed E-state index contributed by atoms with van der Waals surface area (Å²) >= 11 is 0. The Hall–Kier alpha value is -0.110. The number of likely N-dealkylation sites (tertiary alicyclic amines) is 1. The average molecular weight is 165 g/mol. The van der Waals surface area contributed by atoms with Crippen LogP contribution >= 0.6 is 0 Å². The summed E-state index contributed by atoms with van der Waals surface area (Å²) in [7, 11) is 0. The highest BCUT2D eigenvalue weighted by atomic mass is 19.0. The summed E-state index contributed by atoms with van der Waals surface area (Å²) < 4.78 is 13.0. The van der Waals surface area contributed by atoms with E-state index < -0.39 is 0 Å². The molecule has 0 unspecified atom stereocenters. The molecule has 0 aromatic heterocycles. The monoisotopic (exact) mass is 165 g/mol. The van der Waals surface area contributed by atoms with E-state index in [1.165, 1.54) is 32.4 Å². The van der Waals surface area contributed by atoms with Crippen LogP contribution in [0.2, 0.25) is 0 Å². The molecule has 0 N–H and O–H groups in total. The summed E-state index contributed by atoms with van der Waals surface area (Å²) in [4.78, 5) is 2.56. The molecule has 0 aliphatic carbocycles. The molecule has 2 heteroatoms. The lowest BCUT2D eigenvalue weighted by atomic mass is 10.1. The van der Waals surface area contributed by atoms with Crippen molar-refractivity contribution in [1.82, 2.24) is 4.90 Å². The van der Waals surface area contributed by atoms with E-state index in [1.54, 1.807) is 0 Å². The Morgan fingerprint density at radius 1 is 1.18 bits per heavy atom. The van der Waals surface area contributed by atoms with Crippen LogP contribution in [0.3, 0.4) is 0 Å². The Kier molecular flexibility index (Phi) is 6.52. The highest BCUT2D eigenvalue weighted by Crippen LogP contribution is 2.10. The van der Waals surface area contributed by atoms with Crippen LogP contribution in [-0.2, 0) is 0 Å². The van der Waals surface area contributed by atoms with Gasteiger partial charge in [0.05, 0.1) is 0 Å². The normalized spacial score (nSPS) is 19.5. The van der Waals surface area contributed by atoms with Gasteiger partial charge < -0.3 is 4.90 Å². The van der Waals surface area contributed by atoms with E-state index in [0.29, 0.717) is 0 Å². The summed E-state index contributed by atoms with van der Waals surface area (Å²) in [5.74, 6) is 0. The first-order chi connectivity index (χ1) is 5.30. The third-order valence-electron chi connectivity index (χ3n) is 2.12. The molecule has 0 saturated carbocycles. The molecule has 1 rings (SSSR count). The van der Waals surface area contributed by atoms with Crippen molar-refractivity contribution in [3.63, 3.8) is 0 Å². The maximum Gasteiger partial charge on any atom is 0.269 e. The third kappa shape index (κ3) is 4.35. The maximum absolute atomic E-state index is 8.75. The van der Waals surface area contributed by atoms with Gasteiger partial charge in [-0.25, -0.2) is 0 Å². The van der Waals surface area contributed by atoms with Gasteiger partial charge >= 0.3 is 0 Å². The molecule has 0 aromatic rings. The minimum Gasteiger partial charge on any atom is -0.301 e. The maximum atomic E-state index is 8.75. The van der Waals surface area contributed by atoms with E-state index in [4.69, 9.17) is 4.72 Å². The van der Waals surface area contributed by atoms with E-state index in [-0.39, 0.29) is 7.43 Å². The van der Waals surface area contributed by atoms with Gasteiger partial charge in [-0.05, 0) is 39.8 Å². The molecule has 1 heterocycles. The van der Waals surface area contributed by atoms with Crippen LogP contribution in [-0.4, -0.2) is 25.5 Å². The molecule has 1 saturated heterocycles. The molecule has 1 fully saturated rings. The van der Waals surface area contributed by atoms with Crippen molar-refractivity contribution in [2.24, 2.45) is 0 Å². The largest absolute Gasteiger partial charge is 0.301 e. The van der Waals surface area contributed by atoms with Crippen molar-refractivity contribution in [1.29, 1.82) is 1.45 Å². The first kappa shape index (κ1) is 10.9. The molecule has 1 aliphatic heterocycles. The van der Waals surface area contributed by atoms with Crippen molar-refractivity contribution in [2.45, 2.75) is 46.6 Å². The highest BCUT2D eigenvalue weighted by Gasteiger charge is 2.11. The Balaban J connectivity index is 0. The van der Waals surface area contributed by atoms with Crippen LogP contribution in [0.5, 0.6) is 0 Å². The molecule has 11 heavy (non-hydrogen) atoms. The standard InChI is InChI=1S/C8H17N.CH4.FH/c1-8(2)9-6-4-3-5-7-9;;/h8H,3-7H2,1-2H3;1H4;1H/i/hT. The second-order valence-electron chi connectivity index (χ2n) is 3.19. The minimum atomic E-state index is 0. The van der Waals surface area contributed by atoms with E-state index in [1.807, 2.05) is 0 Å². The van der Waals surface area contributed by atoms with Crippen LogP contribution in [0.25, 0.3) is 0 Å². The summed E-state index contributed by atoms with van der Waals surface area (Å²) in [5.41, 5.74) is 0. The SMILES string of the molecule is C.CC(C)N1CCCCC1.[3H]F. The summed E-state index contributed by atoms with van der Waals surface area (Å²) in [6, 6.07) is 0.769. The van der Waals surface area contributed by atoms with Gasteiger partial charge in [-0.3, -0.25) is 4.72 Å². The van der Waals surface area contributed by atoms with Crippen molar-refractivity contribution in [2.75, 3.05) is 13.1 Å². The quantitative estimate of drug-likeness (QED) is 0.577. The number of hydrogen-bond donors (Lipinski definition) is 0.